The third-order valence-corrected chi connectivity index (χ3v) is 5.82. The number of aliphatic hydroxyl groups is 2. The summed E-state index contributed by atoms with van der Waals surface area (Å²) in [5, 5.41) is 21.2. The van der Waals surface area contributed by atoms with Crippen LogP contribution in [0.2, 0.25) is 0 Å². The lowest BCUT2D eigenvalue weighted by atomic mass is 10.2. The molecule has 0 aromatic carbocycles. The van der Waals surface area contributed by atoms with Crippen molar-refractivity contribution in [2.75, 3.05) is 166 Å². The maximum Gasteiger partial charge on any atom is 0.408 e. The zero-order chi connectivity index (χ0) is 37.0. The van der Waals surface area contributed by atoms with Crippen molar-refractivity contribution in [3.63, 3.8) is 0 Å². The second-order valence-electron chi connectivity index (χ2n) is 11.2. The number of methoxy groups -OCH3 is 1. The van der Waals surface area contributed by atoms with Gasteiger partial charge in [0, 0.05) is 7.11 Å². The Balaban J connectivity index is 3.35. The van der Waals surface area contributed by atoms with E-state index in [9.17, 15) is 14.7 Å². The van der Waals surface area contributed by atoms with Crippen LogP contribution >= 0.6 is 0 Å². The Morgan fingerprint density at radius 3 is 1.04 bits per heavy atom. The molecule has 1 amide bonds. The minimum absolute atomic E-state index is 0.0133. The van der Waals surface area contributed by atoms with Crippen molar-refractivity contribution < 1.29 is 81.4 Å². The summed E-state index contributed by atoms with van der Waals surface area (Å²) in [4.78, 5) is 24.0. The van der Waals surface area contributed by atoms with Crippen LogP contribution in [0.1, 0.15) is 20.8 Å². The Kier molecular flexibility index (Phi) is 33.3. The zero-order valence-corrected chi connectivity index (χ0v) is 30.5. The molecule has 1 atom stereocenters. The number of aliphatic hydroxyl groups excluding tert-OH is 1. The zero-order valence-electron chi connectivity index (χ0n) is 30.5. The fraction of sp³-hybridized carbons (Fsp3) is 0.938. The lowest BCUT2D eigenvalue weighted by Gasteiger charge is -2.25. The summed E-state index contributed by atoms with van der Waals surface area (Å²) < 4.78 is 69.1. The third kappa shape index (κ3) is 33.5. The fourth-order valence-corrected chi connectivity index (χ4v) is 3.33. The predicted octanol–water partition coefficient (Wildman–Crippen LogP) is -0.410. The quantitative estimate of drug-likeness (QED) is 0.0545. The van der Waals surface area contributed by atoms with E-state index in [1.54, 1.807) is 20.8 Å². The van der Waals surface area contributed by atoms with Gasteiger partial charge in [-0.1, -0.05) is 0 Å². The smallest absolute Gasteiger partial charge is 0.408 e. The van der Waals surface area contributed by atoms with E-state index in [1.807, 2.05) is 0 Å². The molecular weight excluding hydrogens is 670 g/mol. The van der Waals surface area contributed by atoms with Gasteiger partial charge < -0.3 is 77.1 Å². The van der Waals surface area contributed by atoms with Crippen LogP contribution in [-0.2, 0) is 66.4 Å². The number of rotatable bonds is 38. The Bertz CT molecular complexity index is 774. The van der Waals surface area contributed by atoms with Gasteiger partial charge in [0.05, 0.1) is 152 Å². The number of alkyl carbamates (subject to hydrolysis) is 1. The van der Waals surface area contributed by atoms with E-state index >= 15 is 0 Å². The number of hydrogen-bond acceptors (Lipinski definition) is 17. The maximum absolute atomic E-state index is 12.3. The fourth-order valence-electron chi connectivity index (χ4n) is 3.33. The topological polar surface area (TPSA) is 207 Å². The van der Waals surface area contributed by atoms with Gasteiger partial charge in [0.1, 0.15) is 12.2 Å². The van der Waals surface area contributed by atoms with Crippen molar-refractivity contribution in [2.24, 2.45) is 0 Å². The van der Waals surface area contributed by atoms with Crippen molar-refractivity contribution in [2.45, 2.75) is 32.2 Å². The highest BCUT2D eigenvalue weighted by Gasteiger charge is 2.36. The summed E-state index contributed by atoms with van der Waals surface area (Å²) in [6.07, 6.45) is -0.784. The van der Waals surface area contributed by atoms with E-state index in [4.69, 9.17) is 66.7 Å². The van der Waals surface area contributed by atoms with Crippen LogP contribution in [0.4, 0.5) is 4.79 Å². The Morgan fingerprint density at radius 1 is 0.500 bits per heavy atom. The van der Waals surface area contributed by atoms with E-state index in [-0.39, 0.29) is 19.8 Å². The molecule has 0 aliphatic heterocycles. The molecule has 0 radical (unpaired) electrons. The van der Waals surface area contributed by atoms with Gasteiger partial charge in [0.15, 0.2) is 0 Å². The standard InChI is InChI=1S/C32H63NO17/c1-31(2,3)50-30(36)33-27-29(35)32(37,38-4)28-49-26-25-48-24-23-47-22-21-46-20-19-45-18-17-44-16-15-43-14-13-42-12-11-41-10-9-40-8-7-39-6-5-34/h34,37H,5-28H2,1-4H3,(H,33,36). The van der Waals surface area contributed by atoms with Crippen molar-refractivity contribution in [3.05, 3.63) is 0 Å². The van der Waals surface area contributed by atoms with Gasteiger partial charge >= 0.3 is 6.09 Å². The SMILES string of the molecule is COC(O)(COCCOCCOCCOCCOCCOCCOCCOCCOCCOCCOCCO)C(=O)CNC(=O)OC(C)(C)C. The summed E-state index contributed by atoms with van der Waals surface area (Å²) in [6, 6.07) is 0. The number of ketones is 1. The molecule has 0 saturated carbocycles. The number of ether oxygens (including phenoxy) is 13. The number of amides is 1. The van der Waals surface area contributed by atoms with Crippen molar-refractivity contribution in [1.29, 1.82) is 0 Å². The van der Waals surface area contributed by atoms with Crippen molar-refractivity contribution in [1.82, 2.24) is 5.32 Å². The molecule has 18 heteroatoms. The minimum atomic E-state index is -2.21. The van der Waals surface area contributed by atoms with Crippen molar-refractivity contribution >= 4 is 11.9 Å². The van der Waals surface area contributed by atoms with E-state index in [0.717, 1.165) is 7.11 Å². The average Bonchev–Trinajstić information content (AvgIpc) is 3.08. The molecule has 50 heavy (non-hydrogen) atoms. The molecule has 0 saturated heterocycles. The molecule has 0 aromatic rings. The van der Waals surface area contributed by atoms with Crippen LogP contribution in [-0.4, -0.2) is 199 Å². The Labute approximate surface area is 296 Å². The molecule has 0 aromatic heterocycles. The highest BCUT2D eigenvalue weighted by atomic mass is 16.7. The first-order valence-corrected chi connectivity index (χ1v) is 16.9. The summed E-state index contributed by atoms with van der Waals surface area (Å²) in [7, 11) is 1.16. The lowest BCUT2D eigenvalue weighted by molar-refractivity contribution is -0.214. The summed E-state index contributed by atoms with van der Waals surface area (Å²) in [6.45, 7) is 12.9. The van der Waals surface area contributed by atoms with Gasteiger partial charge in [-0.25, -0.2) is 4.79 Å². The molecule has 0 bridgehead atoms. The number of Topliss-reactive ketones (excluding diaryl/α,β-unsaturated/α-hetero) is 1. The lowest BCUT2D eigenvalue weighted by Crippen LogP contribution is -2.50. The van der Waals surface area contributed by atoms with Crippen LogP contribution in [0.15, 0.2) is 0 Å². The van der Waals surface area contributed by atoms with Crippen LogP contribution in [0.5, 0.6) is 0 Å². The largest absolute Gasteiger partial charge is 0.444 e. The summed E-state index contributed by atoms with van der Waals surface area (Å²) in [5.74, 6) is -2.99. The van der Waals surface area contributed by atoms with Crippen LogP contribution < -0.4 is 5.32 Å². The second kappa shape index (κ2) is 34.5. The maximum atomic E-state index is 12.3. The van der Waals surface area contributed by atoms with Gasteiger partial charge in [-0.05, 0) is 20.8 Å². The number of nitrogens with one attached hydrogen (secondary N) is 1. The Hall–Kier alpha value is -1.62. The normalized spacial score (nSPS) is 13.0. The highest BCUT2D eigenvalue weighted by Crippen LogP contribution is 2.09. The molecule has 298 valence electrons. The first-order valence-electron chi connectivity index (χ1n) is 16.9. The number of hydrogen-bond donors (Lipinski definition) is 3. The summed E-state index contributed by atoms with van der Waals surface area (Å²) >= 11 is 0. The highest BCUT2D eigenvalue weighted by molar-refractivity contribution is 5.89. The first kappa shape index (κ1) is 48.4. The second-order valence-corrected chi connectivity index (χ2v) is 11.2. The van der Waals surface area contributed by atoms with Crippen LogP contribution in [0.3, 0.4) is 0 Å². The average molecular weight is 734 g/mol. The van der Waals surface area contributed by atoms with E-state index in [2.05, 4.69) is 5.32 Å². The molecular formula is C32H63NO17. The summed E-state index contributed by atoms with van der Waals surface area (Å²) in [5.41, 5.74) is -0.718. The first-order chi connectivity index (χ1) is 24.1. The molecule has 3 N–H and O–H groups in total. The molecule has 0 spiro atoms. The van der Waals surface area contributed by atoms with Gasteiger partial charge in [0.2, 0.25) is 5.78 Å². The molecule has 0 rings (SSSR count). The number of carbonyl (C=O) groups is 2. The minimum Gasteiger partial charge on any atom is -0.444 e. The van der Waals surface area contributed by atoms with Gasteiger partial charge in [-0.15, -0.1) is 0 Å². The molecule has 1 unspecified atom stereocenters. The van der Waals surface area contributed by atoms with E-state index < -0.39 is 36.4 Å². The van der Waals surface area contributed by atoms with Gasteiger partial charge in [-0.3, -0.25) is 4.79 Å². The Morgan fingerprint density at radius 2 is 0.780 bits per heavy atom. The molecule has 0 fully saturated rings. The predicted molar refractivity (Wildman–Crippen MR) is 177 cm³/mol. The van der Waals surface area contributed by atoms with Crippen LogP contribution in [0, 0.1) is 0 Å². The molecule has 0 aliphatic carbocycles. The molecule has 0 aliphatic rings. The number of carbonyl (C=O) groups excluding carboxylic acids is 2. The van der Waals surface area contributed by atoms with Crippen molar-refractivity contribution in [3.8, 4) is 0 Å². The third-order valence-electron chi connectivity index (χ3n) is 5.82. The van der Waals surface area contributed by atoms with Gasteiger partial charge in [0.25, 0.3) is 5.79 Å². The molecule has 0 heterocycles. The van der Waals surface area contributed by atoms with Gasteiger partial charge in [-0.2, -0.15) is 0 Å². The van der Waals surface area contributed by atoms with E-state index in [0.29, 0.717) is 126 Å². The molecule has 18 nitrogen and oxygen atoms in total. The monoisotopic (exact) mass is 733 g/mol. The van der Waals surface area contributed by atoms with E-state index in [1.165, 1.54) is 0 Å². The van der Waals surface area contributed by atoms with Crippen LogP contribution in [0.25, 0.3) is 0 Å².